The Kier molecular flexibility index (Phi) is 7.27. The van der Waals surface area contributed by atoms with E-state index in [0.29, 0.717) is 26.2 Å². The van der Waals surface area contributed by atoms with Gasteiger partial charge >= 0.3 is 5.97 Å². The van der Waals surface area contributed by atoms with Crippen LogP contribution in [0.15, 0.2) is 53.4 Å². The molecule has 0 atom stereocenters. The third-order valence-electron chi connectivity index (χ3n) is 5.33. The number of carbonyl (C=O) groups excluding carboxylic acids is 2. The molecule has 2 aromatic rings. The SMILES string of the molecule is CC(C)(C)C(=O)COC(=O)c1cc(S(=O)(=O)N2CCN(c3ccccc3)CC2)ccc1Cl. The van der Waals surface area contributed by atoms with E-state index in [0.717, 1.165) is 5.69 Å². The molecule has 0 saturated carbocycles. The van der Waals surface area contributed by atoms with Crippen LogP contribution in [0.4, 0.5) is 5.69 Å². The fraction of sp³-hybridized carbons (Fsp3) is 0.391. The molecule has 3 rings (SSSR count). The highest BCUT2D eigenvalue weighted by atomic mass is 35.5. The molecule has 0 spiro atoms. The summed E-state index contributed by atoms with van der Waals surface area (Å²) in [4.78, 5) is 26.6. The second-order valence-corrected chi connectivity index (χ2v) is 11.0. The number of nitrogens with zero attached hydrogens (tertiary/aromatic N) is 2. The molecule has 0 N–H and O–H groups in total. The van der Waals surface area contributed by atoms with Crippen LogP contribution < -0.4 is 4.90 Å². The zero-order valence-electron chi connectivity index (χ0n) is 18.4. The first kappa shape index (κ1) is 24.2. The second kappa shape index (κ2) is 9.60. The Morgan fingerprint density at radius 1 is 1.00 bits per heavy atom. The van der Waals surface area contributed by atoms with E-state index in [1.165, 1.54) is 22.5 Å². The van der Waals surface area contributed by atoms with Crippen molar-refractivity contribution in [3.8, 4) is 0 Å². The lowest BCUT2D eigenvalue weighted by Gasteiger charge is -2.35. The average Bonchev–Trinajstić information content (AvgIpc) is 2.77. The number of ketones is 1. The molecule has 0 radical (unpaired) electrons. The lowest BCUT2D eigenvalue weighted by molar-refractivity contribution is -0.129. The molecule has 1 saturated heterocycles. The van der Waals surface area contributed by atoms with Gasteiger partial charge in [0.1, 0.15) is 0 Å². The van der Waals surface area contributed by atoms with Gasteiger partial charge in [-0.2, -0.15) is 4.31 Å². The molecule has 0 unspecified atom stereocenters. The maximum atomic E-state index is 13.2. The number of ether oxygens (including phenoxy) is 1. The molecule has 172 valence electrons. The number of hydrogen-bond acceptors (Lipinski definition) is 6. The number of halogens is 1. The minimum absolute atomic E-state index is 0.0378. The molecule has 32 heavy (non-hydrogen) atoms. The Morgan fingerprint density at radius 2 is 1.62 bits per heavy atom. The average molecular weight is 479 g/mol. The van der Waals surface area contributed by atoms with Crippen LogP contribution in [0.2, 0.25) is 5.02 Å². The Bertz CT molecular complexity index is 1090. The number of anilines is 1. The molecule has 0 aromatic heterocycles. The Balaban J connectivity index is 1.72. The molecule has 1 aliphatic heterocycles. The van der Waals surface area contributed by atoms with Gasteiger partial charge in [-0.3, -0.25) is 4.79 Å². The minimum Gasteiger partial charge on any atom is -0.454 e. The lowest BCUT2D eigenvalue weighted by atomic mass is 9.91. The van der Waals surface area contributed by atoms with Crippen LogP contribution in [-0.4, -0.2) is 57.3 Å². The van der Waals surface area contributed by atoms with Gasteiger partial charge in [-0.1, -0.05) is 50.6 Å². The lowest BCUT2D eigenvalue weighted by Crippen LogP contribution is -2.48. The number of benzene rings is 2. The van der Waals surface area contributed by atoms with Gasteiger partial charge in [0.2, 0.25) is 10.0 Å². The molecular formula is C23H27ClN2O5S. The van der Waals surface area contributed by atoms with Gasteiger partial charge in [-0.15, -0.1) is 0 Å². The standard InChI is InChI=1S/C23H27ClN2O5S/c1-23(2,3)21(27)16-31-22(28)19-15-18(9-10-20(19)24)32(29,30)26-13-11-25(12-14-26)17-7-5-4-6-8-17/h4-10,15H,11-14,16H2,1-3H3. The molecule has 1 heterocycles. The van der Waals surface area contributed by atoms with Gasteiger partial charge in [0, 0.05) is 37.3 Å². The van der Waals surface area contributed by atoms with Crippen LogP contribution in [0.25, 0.3) is 0 Å². The van der Waals surface area contributed by atoms with Crippen LogP contribution >= 0.6 is 11.6 Å². The summed E-state index contributed by atoms with van der Waals surface area (Å²) in [6.45, 7) is 6.51. The molecule has 7 nitrogen and oxygen atoms in total. The van der Waals surface area contributed by atoms with Crippen molar-refractivity contribution in [1.29, 1.82) is 0 Å². The summed E-state index contributed by atoms with van der Waals surface area (Å²) in [6, 6.07) is 13.8. The summed E-state index contributed by atoms with van der Waals surface area (Å²) in [6.07, 6.45) is 0. The number of esters is 1. The number of Topliss-reactive ketones (excluding diaryl/α,β-unsaturated/α-hetero) is 1. The van der Waals surface area contributed by atoms with E-state index in [2.05, 4.69) is 4.90 Å². The summed E-state index contributed by atoms with van der Waals surface area (Å²) >= 11 is 6.12. The predicted octanol–water partition coefficient (Wildman–Crippen LogP) is 3.62. The normalized spacial score (nSPS) is 15.4. The number of para-hydroxylation sites is 1. The van der Waals surface area contributed by atoms with Gasteiger partial charge < -0.3 is 9.64 Å². The highest BCUT2D eigenvalue weighted by molar-refractivity contribution is 7.89. The monoisotopic (exact) mass is 478 g/mol. The van der Waals surface area contributed by atoms with E-state index in [1.54, 1.807) is 20.8 Å². The van der Waals surface area contributed by atoms with Crippen molar-refractivity contribution in [1.82, 2.24) is 4.31 Å². The number of carbonyl (C=O) groups is 2. The minimum atomic E-state index is -3.82. The molecule has 0 amide bonds. The van der Waals surface area contributed by atoms with Crippen molar-refractivity contribution in [2.75, 3.05) is 37.7 Å². The van der Waals surface area contributed by atoms with Gasteiger partial charge in [0.15, 0.2) is 12.4 Å². The Hall–Kier alpha value is -2.42. The molecular weight excluding hydrogens is 452 g/mol. The van der Waals surface area contributed by atoms with Crippen molar-refractivity contribution >= 4 is 39.1 Å². The van der Waals surface area contributed by atoms with Crippen molar-refractivity contribution < 1.29 is 22.7 Å². The molecule has 1 fully saturated rings. The van der Waals surface area contributed by atoms with Crippen LogP contribution in [0, 0.1) is 5.41 Å². The first-order chi connectivity index (χ1) is 15.0. The van der Waals surface area contributed by atoms with Crippen LogP contribution in [0.1, 0.15) is 31.1 Å². The summed E-state index contributed by atoms with van der Waals surface area (Å²) in [5.41, 5.74) is 0.306. The van der Waals surface area contributed by atoms with Crippen LogP contribution in [-0.2, 0) is 19.6 Å². The second-order valence-electron chi connectivity index (χ2n) is 8.62. The topological polar surface area (TPSA) is 84.0 Å². The predicted molar refractivity (Wildman–Crippen MR) is 124 cm³/mol. The Labute approximate surface area is 194 Å². The van der Waals surface area contributed by atoms with E-state index in [9.17, 15) is 18.0 Å². The quantitative estimate of drug-likeness (QED) is 0.589. The molecule has 1 aliphatic rings. The molecule has 2 aromatic carbocycles. The first-order valence-corrected chi connectivity index (χ1v) is 12.1. The summed E-state index contributed by atoms with van der Waals surface area (Å²) in [7, 11) is -3.82. The van der Waals surface area contributed by atoms with Crippen molar-refractivity contribution in [2.45, 2.75) is 25.7 Å². The van der Waals surface area contributed by atoms with E-state index in [1.807, 2.05) is 30.3 Å². The Morgan fingerprint density at radius 3 is 2.22 bits per heavy atom. The largest absolute Gasteiger partial charge is 0.454 e. The zero-order chi connectivity index (χ0) is 23.5. The van der Waals surface area contributed by atoms with Gasteiger partial charge in [-0.25, -0.2) is 13.2 Å². The zero-order valence-corrected chi connectivity index (χ0v) is 19.9. The number of hydrogen-bond donors (Lipinski definition) is 0. The highest BCUT2D eigenvalue weighted by Crippen LogP contribution is 2.26. The van der Waals surface area contributed by atoms with Crippen molar-refractivity contribution in [3.05, 3.63) is 59.1 Å². The number of rotatable bonds is 6. The number of piperazine rings is 1. The maximum Gasteiger partial charge on any atom is 0.340 e. The van der Waals surface area contributed by atoms with E-state index < -0.39 is 28.0 Å². The fourth-order valence-corrected chi connectivity index (χ4v) is 4.86. The summed E-state index contributed by atoms with van der Waals surface area (Å²) in [5, 5.41) is 0.0612. The molecule has 0 aliphatic carbocycles. The van der Waals surface area contributed by atoms with Crippen LogP contribution in [0.5, 0.6) is 0 Å². The fourth-order valence-electron chi connectivity index (χ4n) is 3.22. The van der Waals surface area contributed by atoms with E-state index in [4.69, 9.17) is 16.3 Å². The molecule has 0 bridgehead atoms. The van der Waals surface area contributed by atoms with Crippen molar-refractivity contribution in [3.63, 3.8) is 0 Å². The van der Waals surface area contributed by atoms with Gasteiger partial charge in [0.05, 0.1) is 15.5 Å². The maximum absolute atomic E-state index is 13.2. The highest BCUT2D eigenvalue weighted by Gasteiger charge is 2.30. The van der Waals surface area contributed by atoms with E-state index in [-0.39, 0.29) is 21.3 Å². The third kappa shape index (κ3) is 5.49. The number of sulfonamides is 1. The molecule has 9 heteroatoms. The van der Waals surface area contributed by atoms with E-state index >= 15 is 0 Å². The van der Waals surface area contributed by atoms with Crippen LogP contribution in [0.3, 0.4) is 0 Å². The third-order valence-corrected chi connectivity index (χ3v) is 7.55. The summed E-state index contributed by atoms with van der Waals surface area (Å²) < 4.78 is 32.8. The van der Waals surface area contributed by atoms with Crippen molar-refractivity contribution in [2.24, 2.45) is 5.41 Å². The smallest absolute Gasteiger partial charge is 0.340 e. The first-order valence-electron chi connectivity index (χ1n) is 10.3. The van der Waals surface area contributed by atoms with Gasteiger partial charge in [-0.05, 0) is 30.3 Å². The summed E-state index contributed by atoms with van der Waals surface area (Å²) in [5.74, 6) is -1.08. The van der Waals surface area contributed by atoms with Gasteiger partial charge in [0.25, 0.3) is 0 Å².